The lowest BCUT2D eigenvalue weighted by molar-refractivity contribution is -0.153. The number of carbonyl (C=O) groups excluding carboxylic acids is 3. The maximum Gasteiger partial charge on any atom is 0.339 e. The van der Waals surface area contributed by atoms with Gasteiger partial charge in [-0.1, -0.05) is 18.2 Å². The minimum Gasteiger partial charge on any atom is -0.459 e. The van der Waals surface area contributed by atoms with Crippen LogP contribution < -0.4 is 10.6 Å². The molecule has 0 aliphatic carbocycles. The second-order valence-corrected chi connectivity index (χ2v) is 10.1. The SMILES string of the molecule is CC1=C(C(=O)OC(C)(C)C)C2(C(=O)N(CC(=O)OC(C)(C)C)c3ccccc32)C(C#N)=C(N)O1. The summed E-state index contributed by atoms with van der Waals surface area (Å²) >= 11 is 0. The van der Waals surface area contributed by atoms with E-state index in [1.165, 1.54) is 11.8 Å². The van der Waals surface area contributed by atoms with Crippen LogP contribution in [0, 0.1) is 11.3 Å². The lowest BCUT2D eigenvalue weighted by Gasteiger charge is -2.35. The summed E-state index contributed by atoms with van der Waals surface area (Å²) in [5.41, 5.74) is 2.76. The number of amides is 1. The first kappa shape index (κ1) is 24.8. The first-order valence-corrected chi connectivity index (χ1v) is 10.8. The van der Waals surface area contributed by atoms with Gasteiger partial charge in [-0.3, -0.25) is 14.5 Å². The number of ether oxygens (including phenoxy) is 3. The van der Waals surface area contributed by atoms with Gasteiger partial charge in [0.25, 0.3) is 0 Å². The number of esters is 2. The Morgan fingerprint density at radius 1 is 1.12 bits per heavy atom. The van der Waals surface area contributed by atoms with Gasteiger partial charge in [0.15, 0.2) is 5.41 Å². The standard InChI is InChI=1S/C25H29N3O6/c1-14-19(21(30)34-24(5,6)7)25(16(12-26)20(27)32-14)15-10-8-9-11-17(15)28(22(25)31)13-18(29)33-23(2,3)4/h8-11H,13,27H2,1-7H3. The van der Waals surface area contributed by atoms with Gasteiger partial charge in [-0.2, -0.15) is 5.26 Å². The Labute approximate surface area is 198 Å². The lowest BCUT2D eigenvalue weighted by atomic mass is 9.68. The number of anilines is 1. The number of benzene rings is 1. The van der Waals surface area contributed by atoms with Crippen molar-refractivity contribution in [2.24, 2.45) is 5.73 Å². The molecule has 0 aromatic heterocycles. The molecular formula is C25H29N3O6. The molecule has 2 aliphatic rings. The van der Waals surface area contributed by atoms with Crippen molar-refractivity contribution in [1.82, 2.24) is 0 Å². The number of para-hydroxylation sites is 1. The van der Waals surface area contributed by atoms with E-state index in [1.807, 2.05) is 6.07 Å². The summed E-state index contributed by atoms with van der Waals surface area (Å²) in [5.74, 6) is -2.42. The third-order valence-electron chi connectivity index (χ3n) is 5.20. The van der Waals surface area contributed by atoms with Crippen LogP contribution in [0.4, 0.5) is 5.69 Å². The third kappa shape index (κ3) is 4.12. The molecule has 180 valence electrons. The first-order valence-electron chi connectivity index (χ1n) is 10.8. The summed E-state index contributed by atoms with van der Waals surface area (Å²) in [4.78, 5) is 41.5. The highest BCUT2D eigenvalue weighted by Crippen LogP contribution is 2.54. The zero-order valence-electron chi connectivity index (χ0n) is 20.4. The predicted molar refractivity (Wildman–Crippen MR) is 123 cm³/mol. The Bertz CT molecular complexity index is 1180. The Hall–Kier alpha value is -3.80. The zero-order valence-corrected chi connectivity index (χ0v) is 20.4. The quantitative estimate of drug-likeness (QED) is 0.671. The largest absolute Gasteiger partial charge is 0.459 e. The Morgan fingerprint density at radius 3 is 2.26 bits per heavy atom. The summed E-state index contributed by atoms with van der Waals surface area (Å²) in [6, 6.07) is 8.58. The fourth-order valence-corrected chi connectivity index (χ4v) is 4.20. The maximum absolute atomic E-state index is 14.2. The van der Waals surface area contributed by atoms with Crippen LogP contribution in [0.15, 0.2) is 47.1 Å². The summed E-state index contributed by atoms with van der Waals surface area (Å²) in [7, 11) is 0. The molecule has 0 saturated carbocycles. The van der Waals surface area contributed by atoms with E-state index in [9.17, 15) is 19.6 Å². The van der Waals surface area contributed by atoms with Gasteiger partial charge >= 0.3 is 11.9 Å². The minimum absolute atomic E-state index is 0.0352. The third-order valence-corrected chi connectivity index (χ3v) is 5.20. The molecule has 2 heterocycles. The van der Waals surface area contributed by atoms with E-state index in [0.29, 0.717) is 11.3 Å². The predicted octanol–water partition coefficient (Wildman–Crippen LogP) is 2.95. The molecule has 0 radical (unpaired) electrons. The van der Waals surface area contributed by atoms with Gasteiger partial charge in [0.05, 0.1) is 0 Å². The minimum atomic E-state index is -1.93. The monoisotopic (exact) mass is 467 g/mol. The molecule has 0 fully saturated rings. The highest BCUT2D eigenvalue weighted by molar-refractivity contribution is 6.19. The highest BCUT2D eigenvalue weighted by Gasteiger charge is 2.62. The Balaban J connectivity index is 2.26. The topological polar surface area (TPSA) is 132 Å². The number of hydrogen-bond donors (Lipinski definition) is 1. The number of fused-ring (bicyclic) bond motifs is 2. The second-order valence-electron chi connectivity index (χ2n) is 10.1. The molecule has 1 atom stereocenters. The normalized spacial score (nSPS) is 20.2. The number of nitrogens with two attached hydrogens (primary N) is 1. The molecule has 1 amide bonds. The first-order chi connectivity index (χ1) is 15.6. The lowest BCUT2D eigenvalue weighted by Crippen LogP contribution is -2.50. The van der Waals surface area contributed by atoms with Crippen LogP contribution >= 0.6 is 0 Å². The van der Waals surface area contributed by atoms with E-state index in [1.54, 1.807) is 65.8 Å². The van der Waals surface area contributed by atoms with E-state index < -0.39 is 41.0 Å². The van der Waals surface area contributed by atoms with Crippen LogP contribution in [-0.2, 0) is 34.0 Å². The van der Waals surface area contributed by atoms with Gasteiger partial charge in [-0.25, -0.2) is 4.79 Å². The molecule has 3 rings (SSSR count). The fourth-order valence-electron chi connectivity index (χ4n) is 4.20. The van der Waals surface area contributed by atoms with Crippen molar-refractivity contribution in [2.75, 3.05) is 11.4 Å². The van der Waals surface area contributed by atoms with Crippen molar-refractivity contribution in [1.29, 1.82) is 5.26 Å². The summed E-state index contributed by atoms with van der Waals surface area (Å²) < 4.78 is 16.5. The number of rotatable bonds is 3. The van der Waals surface area contributed by atoms with Gasteiger partial charge in [0, 0.05) is 11.3 Å². The van der Waals surface area contributed by atoms with Gasteiger partial charge in [-0.05, 0) is 54.5 Å². The summed E-state index contributed by atoms with van der Waals surface area (Å²) in [6.45, 7) is 11.3. The average molecular weight is 468 g/mol. The van der Waals surface area contributed by atoms with Crippen molar-refractivity contribution >= 4 is 23.5 Å². The maximum atomic E-state index is 14.2. The summed E-state index contributed by atoms with van der Waals surface area (Å²) in [6.07, 6.45) is 0. The molecule has 2 N–H and O–H groups in total. The van der Waals surface area contributed by atoms with Crippen LogP contribution in [0.25, 0.3) is 0 Å². The molecule has 0 saturated heterocycles. The molecular weight excluding hydrogens is 438 g/mol. The van der Waals surface area contributed by atoms with Crippen molar-refractivity contribution in [3.63, 3.8) is 0 Å². The van der Waals surface area contributed by atoms with E-state index in [2.05, 4.69) is 0 Å². The number of carbonyl (C=O) groups is 3. The van der Waals surface area contributed by atoms with Crippen LogP contribution in [0.2, 0.25) is 0 Å². The number of hydrogen-bond acceptors (Lipinski definition) is 8. The molecule has 1 aromatic carbocycles. The van der Waals surface area contributed by atoms with Gasteiger partial charge in [-0.15, -0.1) is 0 Å². The fraction of sp³-hybridized carbons (Fsp3) is 0.440. The van der Waals surface area contributed by atoms with E-state index in [4.69, 9.17) is 19.9 Å². The molecule has 0 bridgehead atoms. The molecule has 9 nitrogen and oxygen atoms in total. The van der Waals surface area contributed by atoms with Crippen LogP contribution in [0.5, 0.6) is 0 Å². The van der Waals surface area contributed by atoms with Crippen LogP contribution in [0.1, 0.15) is 54.0 Å². The second kappa shape index (κ2) is 8.20. The van der Waals surface area contributed by atoms with Crippen molar-refractivity contribution < 1.29 is 28.6 Å². The Morgan fingerprint density at radius 2 is 1.71 bits per heavy atom. The zero-order chi connectivity index (χ0) is 25.6. The van der Waals surface area contributed by atoms with Crippen LogP contribution in [0.3, 0.4) is 0 Å². The molecule has 9 heteroatoms. The van der Waals surface area contributed by atoms with E-state index in [0.717, 1.165) is 0 Å². The molecule has 1 spiro atoms. The van der Waals surface area contributed by atoms with Crippen molar-refractivity contribution in [3.8, 4) is 6.07 Å². The number of nitrogens with zero attached hydrogens (tertiary/aromatic N) is 2. The van der Waals surface area contributed by atoms with Gasteiger partial charge < -0.3 is 19.9 Å². The van der Waals surface area contributed by atoms with Gasteiger partial charge in [0.1, 0.15) is 40.7 Å². The number of allylic oxidation sites excluding steroid dienone is 1. The van der Waals surface area contributed by atoms with E-state index >= 15 is 0 Å². The molecule has 34 heavy (non-hydrogen) atoms. The average Bonchev–Trinajstić information content (AvgIpc) is 2.89. The van der Waals surface area contributed by atoms with Gasteiger partial charge in [0.2, 0.25) is 11.8 Å². The Kier molecular flexibility index (Phi) is 5.99. The smallest absolute Gasteiger partial charge is 0.339 e. The number of nitriles is 1. The molecule has 1 unspecified atom stereocenters. The van der Waals surface area contributed by atoms with E-state index in [-0.39, 0.29) is 22.8 Å². The van der Waals surface area contributed by atoms with Crippen molar-refractivity contribution in [2.45, 2.75) is 65.1 Å². The van der Waals surface area contributed by atoms with Crippen LogP contribution in [-0.4, -0.2) is 35.6 Å². The van der Waals surface area contributed by atoms with Crippen molar-refractivity contribution in [3.05, 3.63) is 52.6 Å². The summed E-state index contributed by atoms with van der Waals surface area (Å²) in [5, 5.41) is 10.1. The molecule has 1 aromatic rings. The highest BCUT2D eigenvalue weighted by atomic mass is 16.6. The molecule has 2 aliphatic heterocycles.